The van der Waals surface area contributed by atoms with Crippen molar-refractivity contribution in [2.75, 3.05) is 0 Å². The van der Waals surface area contributed by atoms with Gasteiger partial charge in [0.2, 0.25) is 0 Å². The molecule has 0 saturated carbocycles. The lowest BCUT2D eigenvalue weighted by Crippen LogP contribution is -2.15. The summed E-state index contributed by atoms with van der Waals surface area (Å²) in [7, 11) is 3.16. The normalized spacial score (nSPS) is 12.3. The van der Waals surface area contributed by atoms with Crippen LogP contribution in [0.2, 0.25) is 0 Å². The molecule has 0 bridgehead atoms. The standard InChI is InChI=1S/C84H48B3O12S6/c88-73-61(43-29-35-100-39-43)47-15-1-7-21-53(47)67-69-55-23-9-3-17-49(55)63(45-31-37-102-41-45)75(90)81(69)96-86-98-83-71(57-25-11-5-19-51(57)65(77(83)92)59-27-13-33-104-59)72-58-26-12-6-20-52(58)66(60-28-14-34-105-60)78(93)84(72)99-87-97-82-70(56-24-10-4-18-50(56)64(76(82)91)46-32-38-103-42-46)68-54-22-8-2-16-48(54)62(44-30-36-101-40-44)74(89)80(68)95-85-94-79(67)73/h1-42,88-93H. The van der Waals surface area contributed by atoms with Crippen molar-refractivity contribution in [2.24, 2.45) is 0 Å². The molecule has 3 radical (unpaired) electrons. The molecule has 18 aromatic rings. The second kappa shape index (κ2) is 26.2. The van der Waals surface area contributed by atoms with E-state index in [1.165, 1.54) is 68.0 Å². The number of hydrogen-bond donors (Lipinski definition) is 6. The number of phenolic OH excluding ortho intramolecular Hbond substituents is 6. The summed E-state index contributed by atoms with van der Waals surface area (Å²) in [6.07, 6.45) is 0. The maximum absolute atomic E-state index is 13.6. The number of fused-ring (bicyclic) bond motifs is 21. The van der Waals surface area contributed by atoms with Gasteiger partial charge in [0.1, 0.15) is 0 Å². The van der Waals surface area contributed by atoms with Crippen LogP contribution in [0, 0.1) is 0 Å². The zero-order chi connectivity index (χ0) is 70.6. The minimum absolute atomic E-state index is 0.138. The first kappa shape index (κ1) is 64.1. The van der Waals surface area contributed by atoms with Crippen molar-refractivity contribution >= 4 is 156 Å². The molecule has 0 spiro atoms. The number of aromatic hydroxyl groups is 6. The van der Waals surface area contributed by atoms with E-state index in [2.05, 4.69) is 0 Å². The molecule has 105 heavy (non-hydrogen) atoms. The minimum atomic E-state index is -0.312. The summed E-state index contributed by atoms with van der Waals surface area (Å²) in [4.78, 5) is 1.41. The van der Waals surface area contributed by atoms with Gasteiger partial charge in [-0.15, -0.1) is 22.7 Å². The van der Waals surface area contributed by atoms with Crippen LogP contribution in [0.1, 0.15) is 0 Å². The Morgan fingerprint density at radius 2 is 0.390 bits per heavy atom. The SMILES string of the molecule is Oc1c2c(c3ccccc3c1-c1ccsc1)-c1c(c(O)c(-c3ccsc3)c3ccccc13)O[B]Oc1c(O)c(-c3cccs3)c3ccccc3c1-c1c(c(O)c(-c3cccs3)c3ccccc13)O[B]Oc1c(O)c(-c3ccsc3)c3ccccc3c1-c1c(c(O)c(-c3ccsc3)c3ccccc13)O[B]O2. The van der Waals surface area contributed by atoms with Gasteiger partial charge in [-0.05, 0) is 177 Å². The highest BCUT2D eigenvalue weighted by Gasteiger charge is 2.37. The largest absolute Gasteiger partial charge is 0.658 e. The molecule has 12 nitrogen and oxygen atoms in total. The Balaban J connectivity index is 0.963. The highest BCUT2D eigenvalue weighted by Crippen LogP contribution is 2.63. The van der Waals surface area contributed by atoms with E-state index < -0.39 is 0 Å². The molecule has 6 aromatic heterocycles. The summed E-state index contributed by atoms with van der Waals surface area (Å²) < 4.78 is 42.4. The molecule has 0 unspecified atom stereocenters. The third-order valence-electron chi connectivity index (χ3n) is 19.4. The molecule has 19 rings (SSSR count). The molecule has 12 aromatic carbocycles. The van der Waals surface area contributed by atoms with Crippen LogP contribution in [0.25, 0.3) is 163 Å². The molecule has 6 N–H and O–H groups in total. The highest BCUT2D eigenvalue weighted by molar-refractivity contribution is 7.14. The second-order valence-electron chi connectivity index (χ2n) is 24.8. The summed E-state index contributed by atoms with van der Waals surface area (Å²) in [5, 5.41) is 108. The first-order chi connectivity index (χ1) is 51.7. The first-order valence-corrected chi connectivity index (χ1v) is 38.5. The number of thiophene rings is 6. The van der Waals surface area contributed by atoms with Gasteiger partial charge >= 0.3 is 23.1 Å². The third-order valence-corrected chi connectivity index (χ3v) is 23.9. The van der Waals surface area contributed by atoms with Crippen molar-refractivity contribution in [1.29, 1.82) is 0 Å². The van der Waals surface area contributed by atoms with E-state index in [9.17, 15) is 30.6 Å². The summed E-state index contributed by atoms with van der Waals surface area (Å²) >= 11 is 8.65. The van der Waals surface area contributed by atoms with Crippen LogP contribution in [0.3, 0.4) is 0 Å². The van der Waals surface area contributed by atoms with Crippen molar-refractivity contribution < 1.29 is 58.6 Å². The lowest BCUT2D eigenvalue weighted by molar-refractivity contribution is 0.398. The Morgan fingerprint density at radius 1 is 0.200 bits per heavy atom. The van der Waals surface area contributed by atoms with Crippen molar-refractivity contribution in [3.63, 3.8) is 0 Å². The Morgan fingerprint density at radius 3 is 0.571 bits per heavy atom. The third kappa shape index (κ3) is 10.3. The van der Waals surface area contributed by atoms with Crippen molar-refractivity contribution in [1.82, 2.24) is 0 Å². The molecule has 0 atom stereocenters. The summed E-state index contributed by atoms with van der Waals surface area (Å²) in [6, 6.07) is 60.7. The maximum Gasteiger partial charge on any atom is 0.658 e. The maximum atomic E-state index is 13.6. The molecular weight excluding hydrogens is 1430 g/mol. The molecule has 1 aliphatic heterocycles. The fourth-order valence-corrected chi connectivity index (χ4v) is 19.2. The van der Waals surface area contributed by atoms with E-state index in [4.69, 9.17) is 27.9 Å². The smallest absolute Gasteiger partial charge is 0.523 e. The van der Waals surface area contributed by atoms with E-state index in [0.29, 0.717) is 130 Å². The van der Waals surface area contributed by atoms with E-state index in [1.54, 1.807) is 0 Å². The number of benzene rings is 12. The van der Waals surface area contributed by atoms with E-state index >= 15 is 0 Å². The average molecular weight is 1470 g/mol. The average Bonchev–Trinajstić information content (AvgIpc) is 1.39. The predicted octanol–water partition coefficient (Wildman–Crippen LogP) is 23.5. The van der Waals surface area contributed by atoms with Crippen LogP contribution in [0.4, 0.5) is 0 Å². The molecular formula is C84H48B3O12S6. The van der Waals surface area contributed by atoms with Crippen molar-refractivity contribution in [3.05, 3.63) is 248 Å². The molecule has 0 amide bonds. The van der Waals surface area contributed by atoms with Gasteiger partial charge in [0.15, 0.2) is 69.0 Å². The molecule has 7 heterocycles. The topological polar surface area (TPSA) is 177 Å². The van der Waals surface area contributed by atoms with Crippen LogP contribution in [0.15, 0.2) is 248 Å². The molecule has 0 saturated heterocycles. The summed E-state index contributed by atoms with van der Waals surface area (Å²) in [6.45, 7) is 0. The van der Waals surface area contributed by atoms with Crippen LogP contribution < -0.4 is 27.9 Å². The fraction of sp³-hybridized carbons (Fsp3) is 0. The molecule has 0 fully saturated rings. The summed E-state index contributed by atoms with van der Waals surface area (Å²) in [5.74, 6) is -2.70. The lowest BCUT2D eigenvalue weighted by Gasteiger charge is -2.25. The molecule has 501 valence electrons. The van der Waals surface area contributed by atoms with Gasteiger partial charge in [-0.25, -0.2) is 0 Å². The Hall–Kier alpha value is -11.8. The zero-order valence-corrected chi connectivity index (χ0v) is 59.5. The van der Waals surface area contributed by atoms with Crippen molar-refractivity contribution in [3.8, 4) is 168 Å². The first-order valence-electron chi connectivity index (χ1n) is 33.0. The Bertz CT molecular complexity index is 5460. The lowest BCUT2D eigenvalue weighted by atomic mass is 9.85. The summed E-state index contributed by atoms with van der Waals surface area (Å²) in [5.41, 5.74) is 6.78. The van der Waals surface area contributed by atoms with E-state index in [0.717, 1.165) is 23.1 Å². The minimum Gasteiger partial charge on any atom is -0.523 e. The quantitative estimate of drug-likeness (QED) is 0.0870. The van der Waals surface area contributed by atoms with Gasteiger partial charge in [0.25, 0.3) is 0 Å². The van der Waals surface area contributed by atoms with Gasteiger partial charge in [0, 0.05) is 76.5 Å². The van der Waals surface area contributed by atoms with Crippen LogP contribution >= 0.6 is 68.0 Å². The number of hydrogen-bond acceptors (Lipinski definition) is 18. The van der Waals surface area contributed by atoms with Gasteiger partial charge in [-0.3, -0.25) is 0 Å². The highest BCUT2D eigenvalue weighted by atomic mass is 32.1. The van der Waals surface area contributed by atoms with E-state index in [-0.39, 0.29) is 102 Å². The van der Waals surface area contributed by atoms with Crippen LogP contribution in [0.5, 0.6) is 69.0 Å². The monoisotopic (exact) mass is 1470 g/mol. The fourth-order valence-electron chi connectivity index (χ4n) is 15.1. The molecule has 21 heteroatoms. The van der Waals surface area contributed by atoms with Gasteiger partial charge in [-0.1, -0.05) is 158 Å². The van der Waals surface area contributed by atoms with Crippen LogP contribution in [-0.2, 0) is 0 Å². The predicted molar refractivity (Wildman–Crippen MR) is 432 cm³/mol. The number of rotatable bonds is 6. The van der Waals surface area contributed by atoms with Gasteiger partial charge < -0.3 is 58.6 Å². The van der Waals surface area contributed by atoms with Gasteiger partial charge in [-0.2, -0.15) is 45.3 Å². The molecule has 1 aliphatic rings. The zero-order valence-electron chi connectivity index (χ0n) is 54.6. The Labute approximate surface area is 625 Å². The molecule has 0 aliphatic carbocycles. The number of phenols is 6. The second-order valence-corrected chi connectivity index (χ2v) is 29.9. The van der Waals surface area contributed by atoms with Crippen molar-refractivity contribution in [2.45, 2.75) is 0 Å². The van der Waals surface area contributed by atoms with Gasteiger partial charge in [0.05, 0.1) is 0 Å². The Kier molecular flexibility index (Phi) is 16.0. The van der Waals surface area contributed by atoms with E-state index in [1.807, 2.05) is 248 Å². The van der Waals surface area contributed by atoms with Crippen LogP contribution in [-0.4, -0.2) is 53.7 Å².